The molecule has 34 heavy (non-hydrogen) atoms. The third-order valence-electron chi connectivity index (χ3n) is 12.5. The monoisotopic (exact) mass is 472 g/mol. The van der Waals surface area contributed by atoms with Crippen LogP contribution in [0.4, 0.5) is 0 Å². The zero-order valence-corrected chi connectivity index (χ0v) is 23.5. The maximum Gasteiger partial charge on any atom is 0.148 e. The van der Waals surface area contributed by atoms with E-state index in [1.54, 1.807) is 0 Å². The van der Waals surface area contributed by atoms with Crippen molar-refractivity contribution in [2.24, 2.45) is 52.3 Å². The van der Waals surface area contributed by atoms with Crippen LogP contribution in [-0.2, 0) is 9.94 Å². The molecule has 0 amide bonds. The normalized spacial score (nSPS) is 49.1. The second kappa shape index (κ2) is 8.73. The van der Waals surface area contributed by atoms with Gasteiger partial charge in [0.15, 0.2) is 0 Å². The van der Waals surface area contributed by atoms with Gasteiger partial charge in [-0.1, -0.05) is 53.9 Å². The van der Waals surface area contributed by atoms with E-state index >= 15 is 0 Å². The number of hydroxylamine groups is 2. The summed E-state index contributed by atoms with van der Waals surface area (Å²) in [6.07, 6.45) is 15.9. The summed E-state index contributed by atoms with van der Waals surface area (Å²) in [6, 6.07) is 0. The van der Waals surface area contributed by atoms with Gasteiger partial charge in [-0.2, -0.15) is 0 Å². The first-order valence-corrected chi connectivity index (χ1v) is 15.0. The van der Waals surface area contributed by atoms with Gasteiger partial charge >= 0.3 is 0 Å². The van der Waals surface area contributed by atoms with Crippen molar-refractivity contribution in [1.82, 2.24) is 5.06 Å². The Morgan fingerprint density at radius 3 is 2.26 bits per heavy atom. The molecule has 0 aromatic heterocycles. The standard InChI is InChI=1S/C31H54NO2/c1-21(2)9-8-10-22(3)25-13-14-26-24-12-11-23-19-31(32(33)28(4,5)20-34-31)18-17-29(23,6)27(24)15-16-30(25,26)7/h21-27H,8-20H2,1-7H3/t22-,23+,24+,25-,26+,27+,29+,30-,31-/m1/s1. The zero-order valence-electron chi connectivity index (χ0n) is 23.5. The van der Waals surface area contributed by atoms with Gasteiger partial charge in [-0.05, 0) is 124 Å². The number of fused-ring (bicyclic) bond motifs is 5. The molecular weight excluding hydrogens is 418 g/mol. The van der Waals surface area contributed by atoms with E-state index in [1.807, 2.05) is 0 Å². The fourth-order valence-corrected chi connectivity index (χ4v) is 10.5. The van der Waals surface area contributed by atoms with E-state index < -0.39 is 5.72 Å². The number of rotatable bonds is 5. The van der Waals surface area contributed by atoms with Gasteiger partial charge < -0.3 is 4.74 Å². The van der Waals surface area contributed by atoms with E-state index in [-0.39, 0.29) is 5.54 Å². The smallest absolute Gasteiger partial charge is 0.148 e. The third-order valence-corrected chi connectivity index (χ3v) is 12.5. The largest absolute Gasteiger partial charge is 0.356 e. The van der Waals surface area contributed by atoms with Crippen LogP contribution in [0, 0.1) is 52.3 Å². The molecule has 0 N–H and O–H groups in total. The van der Waals surface area contributed by atoms with Crippen molar-refractivity contribution in [3.8, 4) is 0 Å². The van der Waals surface area contributed by atoms with Gasteiger partial charge in [0, 0.05) is 0 Å². The van der Waals surface area contributed by atoms with Gasteiger partial charge in [0.25, 0.3) is 0 Å². The molecule has 1 heterocycles. The van der Waals surface area contributed by atoms with E-state index in [0.717, 1.165) is 48.3 Å². The van der Waals surface area contributed by atoms with Crippen molar-refractivity contribution < 1.29 is 9.94 Å². The molecular formula is C31H54NO2. The first-order chi connectivity index (χ1) is 15.9. The van der Waals surface area contributed by atoms with E-state index in [1.165, 1.54) is 69.3 Å². The molecule has 4 saturated carbocycles. The van der Waals surface area contributed by atoms with Crippen molar-refractivity contribution in [2.45, 2.75) is 137 Å². The maximum absolute atomic E-state index is 13.3. The van der Waals surface area contributed by atoms with Crippen molar-refractivity contribution in [3.05, 3.63) is 0 Å². The van der Waals surface area contributed by atoms with Gasteiger partial charge in [-0.15, -0.1) is 10.3 Å². The van der Waals surface area contributed by atoms with Crippen LogP contribution in [0.2, 0.25) is 0 Å². The molecule has 0 unspecified atom stereocenters. The van der Waals surface area contributed by atoms with Crippen LogP contribution in [0.1, 0.15) is 126 Å². The summed E-state index contributed by atoms with van der Waals surface area (Å²) in [7, 11) is 0. The quantitative estimate of drug-likeness (QED) is 0.403. The zero-order chi connectivity index (χ0) is 24.5. The first-order valence-electron chi connectivity index (χ1n) is 15.0. The van der Waals surface area contributed by atoms with Gasteiger partial charge in [0.05, 0.1) is 12.1 Å². The van der Waals surface area contributed by atoms with Crippen molar-refractivity contribution in [1.29, 1.82) is 0 Å². The Balaban J connectivity index is 1.29. The molecule has 4 aliphatic carbocycles. The molecule has 5 fully saturated rings. The molecule has 5 rings (SSSR count). The summed E-state index contributed by atoms with van der Waals surface area (Å²) in [6.45, 7) is 17.4. The molecule has 1 saturated heterocycles. The molecule has 195 valence electrons. The summed E-state index contributed by atoms with van der Waals surface area (Å²) >= 11 is 0. The summed E-state index contributed by atoms with van der Waals surface area (Å²) < 4.78 is 6.33. The fraction of sp³-hybridized carbons (Fsp3) is 1.00. The predicted molar refractivity (Wildman–Crippen MR) is 138 cm³/mol. The van der Waals surface area contributed by atoms with E-state index in [0.29, 0.717) is 23.4 Å². The summed E-state index contributed by atoms with van der Waals surface area (Å²) in [5.74, 6) is 6.05. The van der Waals surface area contributed by atoms with E-state index in [2.05, 4.69) is 48.5 Å². The molecule has 1 radical (unpaired) electrons. The molecule has 1 spiro atoms. The highest BCUT2D eigenvalue weighted by molar-refractivity contribution is 5.12. The number of ether oxygens (including phenoxy) is 1. The molecule has 0 aromatic carbocycles. The van der Waals surface area contributed by atoms with Crippen molar-refractivity contribution in [2.75, 3.05) is 6.61 Å². The van der Waals surface area contributed by atoms with Crippen LogP contribution in [-0.4, -0.2) is 22.9 Å². The highest BCUT2D eigenvalue weighted by Crippen LogP contribution is 2.69. The van der Waals surface area contributed by atoms with Crippen molar-refractivity contribution in [3.63, 3.8) is 0 Å². The average molecular weight is 473 g/mol. The van der Waals surface area contributed by atoms with Crippen LogP contribution in [0.15, 0.2) is 0 Å². The fourth-order valence-electron chi connectivity index (χ4n) is 10.5. The van der Waals surface area contributed by atoms with Crippen LogP contribution in [0.25, 0.3) is 0 Å². The van der Waals surface area contributed by atoms with Crippen LogP contribution in [0.3, 0.4) is 0 Å². The Morgan fingerprint density at radius 2 is 1.59 bits per heavy atom. The second-order valence-corrected chi connectivity index (χ2v) is 15.2. The van der Waals surface area contributed by atoms with Gasteiger partial charge in [-0.25, -0.2) is 0 Å². The number of hydrogen-bond donors (Lipinski definition) is 0. The first kappa shape index (κ1) is 25.5. The average Bonchev–Trinajstić information content (AvgIpc) is 3.24. The van der Waals surface area contributed by atoms with Gasteiger partial charge in [-0.3, -0.25) is 0 Å². The van der Waals surface area contributed by atoms with Crippen molar-refractivity contribution >= 4 is 0 Å². The molecule has 1 aliphatic heterocycles. The van der Waals surface area contributed by atoms with Crippen LogP contribution >= 0.6 is 0 Å². The Bertz CT molecular complexity index is 750. The Morgan fingerprint density at radius 1 is 0.853 bits per heavy atom. The lowest BCUT2D eigenvalue weighted by molar-refractivity contribution is -0.315. The Labute approximate surface area is 210 Å². The van der Waals surface area contributed by atoms with Gasteiger partial charge in [0.2, 0.25) is 0 Å². The molecule has 5 aliphatic rings. The SMILES string of the molecule is CC(C)CCC[C@@H](C)[C@H]1CC[C@H]2[C@@H]3CC[C@H]4C[C@@]5(CC[C@]4(C)[C@H]3CC[C@]12C)OCC(C)(C)N5[O]. The Kier molecular flexibility index (Phi) is 6.55. The minimum Gasteiger partial charge on any atom is -0.356 e. The summed E-state index contributed by atoms with van der Waals surface area (Å²) in [5.41, 5.74) is 0.0746. The lowest BCUT2D eigenvalue weighted by Gasteiger charge is -2.62. The summed E-state index contributed by atoms with van der Waals surface area (Å²) in [4.78, 5) is 0. The number of nitrogens with zero attached hydrogens (tertiary/aromatic N) is 1. The minimum absolute atomic E-state index is 0.373. The van der Waals surface area contributed by atoms with Crippen LogP contribution in [0.5, 0.6) is 0 Å². The molecule has 3 heteroatoms. The molecule has 0 bridgehead atoms. The van der Waals surface area contributed by atoms with Crippen LogP contribution < -0.4 is 0 Å². The highest BCUT2D eigenvalue weighted by atomic mass is 16.6. The Hall–Kier alpha value is -0.120. The summed E-state index contributed by atoms with van der Waals surface area (Å²) in [5, 5.41) is 14.6. The van der Waals surface area contributed by atoms with E-state index in [4.69, 9.17) is 4.74 Å². The number of hydrogen-bond acceptors (Lipinski definition) is 2. The molecule has 3 nitrogen and oxygen atoms in total. The third kappa shape index (κ3) is 3.85. The highest BCUT2D eigenvalue weighted by Gasteiger charge is 2.64. The predicted octanol–water partition coefficient (Wildman–Crippen LogP) is 8.26. The topological polar surface area (TPSA) is 32.4 Å². The lowest BCUT2D eigenvalue weighted by atomic mass is 9.44. The second-order valence-electron chi connectivity index (χ2n) is 15.2. The maximum atomic E-state index is 13.3. The minimum atomic E-state index is -0.534. The van der Waals surface area contributed by atoms with E-state index in [9.17, 15) is 5.21 Å². The lowest BCUT2D eigenvalue weighted by Crippen LogP contribution is -2.59. The van der Waals surface area contributed by atoms with Gasteiger partial charge in [0.1, 0.15) is 5.72 Å². The molecule has 0 aromatic rings. The molecule has 9 atom stereocenters.